The molecule has 1 N–H and O–H groups in total. The molecule has 0 bridgehead atoms. The molecule has 102 valence electrons. The van der Waals surface area contributed by atoms with Crippen LogP contribution in [0.5, 0.6) is 0 Å². The predicted molar refractivity (Wildman–Crippen MR) is 80.1 cm³/mol. The van der Waals surface area contributed by atoms with E-state index >= 15 is 0 Å². The first-order chi connectivity index (χ1) is 8.54. The van der Waals surface area contributed by atoms with Gasteiger partial charge in [0.25, 0.3) is 0 Å². The summed E-state index contributed by atoms with van der Waals surface area (Å²) < 4.78 is 0. The van der Waals surface area contributed by atoms with Crippen LogP contribution in [0, 0.1) is 0 Å². The van der Waals surface area contributed by atoms with Crippen molar-refractivity contribution >= 4 is 0 Å². The van der Waals surface area contributed by atoms with Crippen molar-refractivity contribution in [3.63, 3.8) is 0 Å². The minimum absolute atomic E-state index is 0.432. The van der Waals surface area contributed by atoms with E-state index in [1.165, 1.54) is 17.5 Å². The summed E-state index contributed by atoms with van der Waals surface area (Å²) in [6.45, 7) is 8.80. The third kappa shape index (κ3) is 4.79. The van der Waals surface area contributed by atoms with Crippen molar-refractivity contribution in [3.05, 3.63) is 35.4 Å². The number of benzene rings is 1. The van der Waals surface area contributed by atoms with Crippen LogP contribution in [0.3, 0.4) is 0 Å². The molecule has 2 heteroatoms. The lowest BCUT2D eigenvalue weighted by Gasteiger charge is -2.23. The summed E-state index contributed by atoms with van der Waals surface area (Å²) in [5, 5.41) is 3.62. The minimum Gasteiger partial charge on any atom is -0.309 e. The molecule has 0 spiro atoms. The molecular weight excluding hydrogens is 220 g/mol. The zero-order valence-corrected chi connectivity index (χ0v) is 12.5. The van der Waals surface area contributed by atoms with Crippen LogP contribution in [0.1, 0.15) is 50.3 Å². The Morgan fingerprint density at radius 1 is 1.06 bits per heavy atom. The maximum Gasteiger partial charge on any atom is 0.0449 e. The highest BCUT2D eigenvalue weighted by atomic mass is 15.1. The van der Waals surface area contributed by atoms with E-state index in [0.29, 0.717) is 12.0 Å². The molecular formula is C16H28N2. The molecule has 1 aromatic rings. The summed E-state index contributed by atoms with van der Waals surface area (Å²) in [6.07, 6.45) is 1.17. The van der Waals surface area contributed by atoms with Gasteiger partial charge in [-0.2, -0.15) is 0 Å². The third-order valence-electron chi connectivity index (χ3n) is 3.19. The van der Waals surface area contributed by atoms with Crippen molar-refractivity contribution in [2.24, 2.45) is 0 Å². The lowest BCUT2D eigenvalue weighted by Crippen LogP contribution is -2.31. The molecule has 1 atom stereocenters. The smallest absolute Gasteiger partial charge is 0.0449 e. The topological polar surface area (TPSA) is 15.3 Å². The number of nitrogens with zero attached hydrogens (tertiary/aromatic N) is 1. The van der Waals surface area contributed by atoms with Gasteiger partial charge in [-0.15, -0.1) is 0 Å². The number of hydrogen-bond acceptors (Lipinski definition) is 2. The molecule has 0 radical (unpaired) electrons. The summed E-state index contributed by atoms with van der Waals surface area (Å²) in [4.78, 5) is 2.24. The maximum atomic E-state index is 3.62. The first-order valence-electron chi connectivity index (χ1n) is 7.02. The van der Waals surface area contributed by atoms with Gasteiger partial charge >= 0.3 is 0 Å². The normalized spacial score (nSPS) is 13.3. The molecule has 0 amide bonds. The van der Waals surface area contributed by atoms with Gasteiger partial charge in [-0.3, -0.25) is 0 Å². The van der Waals surface area contributed by atoms with Gasteiger partial charge in [0.15, 0.2) is 0 Å². The zero-order chi connectivity index (χ0) is 13.5. The molecule has 1 rings (SSSR count). The Morgan fingerprint density at radius 3 is 2.06 bits per heavy atom. The van der Waals surface area contributed by atoms with E-state index in [0.717, 1.165) is 13.1 Å². The van der Waals surface area contributed by atoms with Gasteiger partial charge in [-0.25, -0.2) is 0 Å². The Kier molecular flexibility index (Phi) is 6.37. The first kappa shape index (κ1) is 15.2. The van der Waals surface area contributed by atoms with Gasteiger partial charge in [-0.05, 0) is 44.1 Å². The Bertz CT molecular complexity index is 327. The molecule has 1 aromatic carbocycles. The molecule has 0 fully saturated rings. The summed E-state index contributed by atoms with van der Waals surface area (Å²) in [5.74, 6) is 0.606. The molecule has 18 heavy (non-hydrogen) atoms. The largest absolute Gasteiger partial charge is 0.309 e. The summed E-state index contributed by atoms with van der Waals surface area (Å²) in [5.41, 5.74) is 2.80. The predicted octanol–water partition coefficient (Wildman–Crippen LogP) is 3.41. The number of rotatable bonds is 7. The molecule has 0 saturated carbocycles. The molecule has 0 aliphatic heterocycles. The number of hydrogen-bond donors (Lipinski definition) is 1. The molecule has 0 heterocycles. The molecule has 0 aromatic heterocycles. The van der Waals surface area contributed by atoms with Crippen LogP contribution < -0.4 is 5.32 Å². The second kappa shape index (κ2) is 7.55. The van der Waals surface area contributed by atoms with E-state index in [1.807, 2.05) is 0 Å². The highest BCUT2D eigenvalue weighted by molar-refractivity contribution is 5.27. The Labute approximate surface area is 112 Å². The van der Waals surface area contributed by atoms with Gasteiger partial charge in [-0.1, -0.05) is 45.0 Å². The Morgan fingerprint density at radius 2 is 1.61 bits per heavy atom. The Hall–Kier alpha value is -0.860. The highest BCUT2D eigenvalue weighted by Gasteiger charge is 2.11. The van der Waals surface area contributed by atoms with Crippen LogP contribution in [-0.4, -0.2) is 32.1 Å². The molecule has 1 unspecified atom stereocenters. The average Bonchev–Trinajstić information content (AvgIpc) is 2.34. The zero-order valence-electron chi connectivity index (χ0n) is 12.5. The van der Waals surface area contributed by atoms with Gasteiger partial charge in [0.05, 0.1) is 0 Å². The van der Waals surface area contributed by atoms with E-state index in [2.05, 4.69) is 69.3 Å². The third-order valence-corrected chi connectivity index (χ3v) is 3.19. The maximum absolute atomic E-state index is 3.62. The highest BCUT2D eigenvalue weighted by Crippen LogP contribution is 2.19. The second-order valence-corrected chi connectivity index (χ2v) is 5.59. The van der Waals surface area contributed by atoms with Crippen LogP contribution in [0.2, 0.25) is 0 Å². The van der Waals surface area contributed by atoms with E-state index in [1.54, 1.807) is 0 Å². The van der Waals surface area contributed by atoms with Crippen molar-refractivity contribution in [3.8, 4) is 0 Å². The van der Waals surface area contributed by atoms with Crippen molar-refractivity contribution in [2.45, 2.75) is 39.2 Å². The van der Waals surface area contributed by atoms with Gasteiger partial charge in [0.1, 0.15) is 0 Å². The van der Waals surface area contributed by atoms with Crippen LogP contribution in [0.4, 0.5) is 0 Å². The van der Waals surface area contributed by atoms with E-state index in [9.17, 15) is 0 Å². The molecule has 0 aliphatic rings. The summed E-state index contributed by atoms with van der Waals surface area (Å²) >= 11 is 0. The van der Waals surface area contributed by atoms with E-state index in [-0.39, 0.29) is 0 Å². The standard InChI is InChI=1S/C16H28N2/c1-6-11-17-16(12-18(4)5)15-9-7-14(8-10-15)13(2)3/h7-10,13,16-17H,6,11-12H2,1-5H3. The van der Waals surface area contributed by atoms with Crippen molar-refractivity contribution in [2.75, 3.05) is 27.2 Å². The van der Waals surface area contributed by atoms with E-state index in [4.69, 9.17) is 0 Å². The fourth-order valence-corrected chi connectivity index (χ4v) is 2.08. The summed E-state index contributed by atoms with van der Waals surface area (Å²) in [7, 11) is 4.26. The van der Waals surface area contributed by atoms with Crippen LogP contribution in [0.25, 0.3) is 0 Å². The van der Waals surface area contributed by atoms with Crippen molar-refractivity contribution in [1.29, 1.82) is 0 Å². The fraction of sp³-hybridized carbons (Fsp3) is 0.625. The fourth-order valence-electron chi connectivity index (χ4n) is 2.08. The van der Waals surface area contributed by atoms with Crippen LogP contribution in [0.15, 0.2) is 24.3 Å². The minimum atomic E-state index is 0.432. The van der Waals surface area contributed by atoms with Crippen LogP contribution >= 0.6 is 0 Å². The van der Waals surface area contributed by atoms with Crippen molar-refractivity contribution < 1.29 is 0 Å². The van der Waals surface area contributed by atoms with Crippen molar-refractivity contribution in [1.82, 2.24) is 10.2 Å². The quantitative estimate of drug-likeness (QED) is 0.795. The molecule has 0 aliphatic carbocycles. The van der Waals surface area contributed by atoms with Crippen LogP contribution in [-0.2, 0) is 0 Å². The van der Waals surface area contributed by atoms with Gasteiger partial charge in [0.2, 0.25) is 0 Å². The van der Waals surface area contributed by atoms with Gasteiger partial charge < -0.3 is 10.2 Å². The first-order valence-corrected chi connectivity index (χ1v) is 7.02. The number of likely N-dealkylation sites (N-methyl/N-ethyl adjacent to an activating group) is 1. The number of nitrogens with one attached hydrogen (secondary N) is 1. The summed E-state index contributed by atoms with van der Waals surface area (Å²) in [6, 6.07) is 9.49. The van der Waals surface area contributed by atoms with Gasteiger partial charge in [0, 0.05) is 12.6 Å². The Balaban J connectivity index is 2.77. The monoisotopic (exact) mass is 248 g/mol. The SMILES string of the molecule is CCCNC(CN(C)C)c1ccc(C(C)C)cc1. The lowest BCUT2D eigenvalue weighted by molar-refractivity contribution is 0.342. The molecule has 2 nitrogen and oxygen atoms in total. The lowest BCUT2D eigenvalue weighted by atomic mass is 9.99. The van der Waals surface area contributed by atoms with E-state index < -0.39 is 0 Å². The second-order valence-electron chi connectivity index (χ2n) is 5.59. The molecule has 0 saturated heterocycles. The average molecular weight is 248 g/mol.